The number of esters is 1. The number of benzene rings is 3. The number of carbonyl (C=O) groups excluding carboxylic acids is 1. The predicted molar refractivity (Wildman–Crippen MR) is 137 cm³/mol. The third-order valence-electron chi connectivity index (χ3n) is 5.77. The summed E-state index contributed by atoms with van der Waals surface area (Å²) in [4.78, 5) is 9.59. The van der Waals surface area contributed by atoms with E-state index in [-0.39, 0.29) is 17.5 Å². The molecule has 0 saturated heterocycles. The van der Waals surface area contributed by atoms with Gasteiger partial charge in [-0.2, -0.15) is 5.26 Å². The lowest BCUT2D eigenvalue weighted by molar-refractivity contribution is -0.137. The second-order valence-corrected chi connectivity index (χ2v) is 9.26. The van der Waals surface area contributed by atoms with E-state index >= 15 is 0 Å². The molecule has 2 aliphatic rings. The van der Waals surface area contributed by atoms with Crippen molar-refractivity contribution in [1.82, 2.24) is 0 Å². The van der Waals surface area contributed by atoms with Crippen LogP contribution in [0.4, 0.5) is 4.39 Å². The molecule has 3 aromatic rings. The fraction of sp³-hybridized carbons (Fsp3) is 0.286. The Bertz CT molecular complexity index is 1290. The Labute approximate surface area is 218 Å². The van der Waals surface area contributed by atoms with E-state index in [1.807, 2.05) is 12.1 Å². The number of phenols is 1. The molecular formula is C28H27BrFNO5. The molecule has 0 radical (unpaired) electrons. The molecule has 6 nitrogen and oxygen atoms in total. The molecule has 3 aromatic carbocycles. The SMILES string of the molecule is CC1COc2cc(O)ccc21.COC(C)=O.N#Cc1cc(Br)ccc1Oc1ccc(F)c2c1CCC2. The van der Waals surface area contributed by atoms with Gasteiger partial charge in [-0.1, -0.05) is 28.9 Å². The Balaban J connectivity index is 0.000000188. The molecule has 0 bridgehead atoms. The standard InChI is InChI=1S/C16H11BrFNO.C9H10O2.C3H6O2/c17-11-4-6-15(10(8-11)9-19)20-16-7-5-14(18)12-2-1-3-13(12)16;1-6-5-11-9-4-7(10)2-3-8(6)9;1-3(4)5-2/h4-8H,1-3H2;2-4,6,10H,5H2,1H3;1-2H3. The first-order valence-electron chi connectivity index (χ1n) is 11.4. The Morgan fingerprint density at radius 3 is 2.53 bits per heavy atom. The monoisotopic (exact) mass is 555 g/mol. The second kappa shape index (κ2) is 12.4. The fourth-order valence-corrected chi connectivity index (χ4v) is 4.24. The summed E-state index contributed by atoms with van der Waals surface area (Å²) < 4.78 is 29.8. The maximum Gasteiger partial charge on any atom is 0.302 e. The molecule has 0 spiro atoms. The number of hydrogen-bond acceptors (Lipinski definition) is 6. The number of phenolic OH excluding ortho intramolecular Hbond substituents is 1. The highest BCUT2D eigenvalue weighted by Crippen LogP contribution is 2.37. The molecule has 0 fully saturated rings. The average Bonchev–Trinajstić information content (AvgIpc) is 3.50. The van der Waals surface area contributed by atoms with Crippen molar-refractivity contribution in [1.29, 1.82) is 5.26 Å². The van der Waals surface area contributed by atoms with Crippen LogP contribution in [0.1, 0.15) is 48.4 Å². The third kappa shape index (κ3) is 6.76. The number of ether oxygens (including phenoxy) is 3. The van der Waals surface area contributed by atoms with Crippen LogP contribution in [-0.4, -0.2) is 24.8 Å². The van der Waals surface area contributed by atoms with Gasteiger partial charge in [-0.25, -0.2) is 4.39 Å². The first-order chi connectivity index (χ1) is 17.2. The highest BCUT2D eigenvalue weighted by molar-refractivity contribution is 9.10. The molecule has 5 rings (SSSR count). The van der Waals surface area contributed by atoms with Gasteiger partial charge in [0, 0.05) is 34.5 Å². The van der Waals surface area contributed by atoms with Gasteiger partial charge in [0.05, 0.1) is 19.3 Å². The third-order valence-corrected chi connectivity index (χ3v) is 6.26. The summed E-state index contributed by atoms with van der Waals surface area (Å²) in [5, 5.41) is 18.3. The van der Waals surface area contributed by atoms with Crippen LogP contribution in [0.3, 0.4) is 0 Å². The largest absolute Gasteiger partial charge is 0.508 e. The molecule has 36 heavy (non-hydrogen) atoms. The minimum Gasteiger partial charge on any atom is -0.508 e. The number of rotatable bonds is 2. The van der Waals surface area contributed by atoms with E-state index in [9.17, 15) is 9.18 Å². The molecule has 1 N–H and O–H groups in total. The highest BCUT2D eigenvalue weighted by atomic mass is 79.9. The van der Waals surface area contributed by atoms with Crippen LogP contribution in [0.25, 0.3) is 0 Å². The number of nitrogens with zero attached hydrogens (tertiary/aromatic N) is 1. The van der Waals surface area contributed by atoms with Gasteiger partial charge in [0.25, 0.3) is 0 Å². The lowest BCUT2D eigenvalue weighted by Gasteiger charge is -2.12. The van der Waals surface area contributed by atoms with Crippen LogP contribution in [-0.2, 0) is 22.4 Å². The summed E-state index contributed by atoms with van der Waals surface area (Å²) in [6.45, 7) is 4.21. The summed E-state index contributed by atoms with van der Waals surface area (Å²) in [6, 6.07) is 15.7. The van der Waals surface area contributed by atoms with E-state index in [0.717, 1.165) is 47.2 Å². The van der Waals surface area contributed by atoms with Crippen molar-refractivity contribution < 1.29 is 28.5 Å². The number of methoxy groups -OCH3 is 1. The lowest BCUT2D eigenvalue weighted by atomic mass is 10.0. The maximum absolute atomic E-state index is 13.7. The predicted octanol–water partition coefficient (Wildman–Crippen LogP) is 6.81. The number of aromatic hydroxyl groups is 1. The number of nitriles is 1. The maximum atomic E-state index is 13.7. The number of halogens is 2. The van der Waals surface area contributed by atoms with Gasteiger partial charge < -0.3 is 19.3 Å². The van der Waals surface area contributed by atoms with E-state index in [1.54, 1.807) is 30.3 Å². The summed E-state index contributed by atoms with van der Waals surface area (Å²) >= 11 is 3.33. The van der Waals surface area contributed by atoms with Gasteiger partial charge in [0.15, 0.2) is 0 Å². The van der Waals surface area contributed by atoms with Gasteiger partial charge in [-0.05, 0) is 61.2 Å². The highest BCUT2D eigenvalue weighted by Gasteiger charge is 2.21. The van der Waals surface area contributed by atoms with Crippen LogP contribution in [0.5, 0.6) is 23.0 Å². The zero-order chi connectivity index (χ0) is 26.2. The molecule has 1 unspecified atom stereocenters. The molecular weight excluding hydrogens is 529 g/mol. The van der Waals surface area contributed by atoms with Gasteiger partial charge in [0.2, 0.25) is 0 Å². The van der Waals surface area contributed by atoms with Gasteiger partial charge in [0.1, 0.15) is 34.9 Å². The quantitative estimate of drug-likeness (QED) is 0.349. The van der Waals surface area contributed by atoms with Crippen LogP contribution >= 0.6 is 15.9 Å². The topological polar surface area (TPSA) is 88.8 Å². The van der Waals surface area contributed by atoms with E-state index in [0.29, 0.717) is 23.0 Å². The number of hydrogen-bond donors (Lipinski definition) is 1. The zero-order valence-electron chi connectivity index (χ0n) is 20.3. The van der Waals surface area contributed by atoms with Crippen molar-refractivity contribution in [3.63, 3.8) is 0 Å². The minimum atomic E-state index is -0.245. The smallest absolute Gasteiger partial charge is 0.302 e. The molecule has 1 atom stereocenters. The van der Waals surface area contributed by atoms with Crippen molar-refractivity contribution >= 4 is 21.9 Å². The van der Waals surface area contributed by atoms with Crippen molar-refractivity contribution in [3.05, 3.63) is 81.1 Å². The van der Waals surface area contributed by atoms with Crippen LogP contribution in [0.15, 0.2) is 53.0 Å². The molecule has 1 heterocycles. The summed E-state index contributed by atoms with van der Waals surface area (Å²) in [6.07, 6.45) is 2.52. The average molecular weight is 556 g/mol. The molecule has 0 amide bonds. The summed E-state index contributed by atoms with van der Waals surface area (Å²) in [5.41, 5.74) is 3.33. The van der Waals surface area contributed by atoms with Crippen molar-refractivity contribution in [2.24, 2.45) is 0 Å². The Morgan fingerprint density at radius 2 is 1.83 bits per heavy atom. The normalized spacial score (nSPS) is 14.5. The van der Waals surface area contributed by atoms with Gasteiger partial charge in [-0.3, -0.25) is 4.79 Å². The summed E-state index contributed by atoms with van der Waals surface area (Å²) in [7, 11) is 1.35. The molecule has 8 heteroatoms. The van der Waals surface area contributed by atoms with E-state index < -0.39 is 0 Å². The van der Waals surface area contributed by atoms with Crippen LogP contribution in [0, 0.1) is 17.1 Å². The van der Waals surface area contributed by atoms with Crippen LogP contribution < -0.4 is 9.47 Å². The van der Waals surface area contributed by atoms with Crippen molar-refractivity contribution in [2.45, 2.75) is 39.0 Å². The first kappa shape index (κ1) is 27.0. The van der Waals surface area contributed by atoms with E-state index in [4.69, 9.17) is 19.8 Å². The Kier molecular flexibility index (Phi) is 9.31. The van der Waals surface area contributed by atoms with Gasteiger partial charge in [-0.15, -0.1) is 0 Å². The van der Waals surface area contributed by atoms with Crippen molar-refractivity contribution in [2.75, 3.05) is 13.7 Å². The second-order valence-electron chi connectivity index (χ2n) is 8.34. The van der Waals surface area contributed by atoms with Gasteiger partial charge >= 0.3 is 5.97 Å². The lowest BCUT2D eigenvalue weighted by Crippen LogP contribution is -1.95. The number of carbonyl (C=O) groups is 1. The molecule has 188 valence electrons. The minimum absolute atomic E-state index is 0.166. The first-order valence-corrected chi connectivity index (χ1v) is 12.2. The Hall–Kier alpha value is -3.57. The van der Waals surface area contributed by atoms with Crippen molar-refractivity contribution in [3.8, 4) is 29.1 Å². The summed E-state index contributed by atoms with van der Waals surface area (Å²) in [5.74, 6) is 2.31. The zero-order valence-corrected chi connectivity index (χ0v) is 21.9. The fourth-order valence-electron chi connectivity index (χ4n) is 3.88. The molecule has 0 aromatic heterocycles. The molecule has 1 aliphatic carbocycles. The van der Waals surface area contributed by atoms with Crippen LogP contribution in [0.2, 0.25) is 0 Å². The Morgan fingerprint density at radius 1 is 1.14 bits per heavy atom. The van der Waals surface area contributed by atoms with E-state index in [2.05, 4.69) is 33.7 Å². The molecule has 0 saturated carbocycles. The molecule has 1 aliphatic heterocycles. The number of fused-ring (bicyclic) bond motifs is 2. The van der Waals surface area contributed by atoms with E-state index in [1.165, 1.54) is 25.7 Å².